The molecular weight excluding hydrogens is 294 g/mol. The fourth-order valence-electron chi connectivity index (χ4n) is 3.34. The van der Waals surface area contributed by atoms with Gasteiger partial charge in [0.05, 0.1) is 0 Å². The highest BCUT2D eigenvalue weighted by atomic mass is 16.2. The van der Waals surface area contributed by atoms with Gasteiger partial charge in [-0.3, -0.25) is 14.5 Å². The van der Waals surface area contributed by atoms with Crippen LogP contribution < -0.4 is 10.6 Å². The molecule has 1 heterocycles. The zero-order chi connectivity index (χ0) is 16.4. The Morgan fingerprint density at radius 2 is 2.13 bits per heavy atom. The number of nitrogens with zero attached hydrogens (tertiary/aromatic N) is 1. The van der Waals surface area contributed by atoms with Gasteiger partial charge in [-0.05, 0) is 30.4 Å². The number of unbranched alkanes of at least 4 members (excludes halogenated alkanes) is 1. The number of carbonyl (C=O) groups excluding carboxylic acids is 3. The van der Waals surface area contributed by atoms with Gasteiger partial charge < -0.3 is 10.6 Å². The third-order valence-electron chi connectivity index (χ3n) is 4.58. The van der Waals surface area contributed by atoms with Crippen LogP contribution in [0.1, 0.15) is 37.3 Å². The fourth-order valence-corrected chi connectivity index (χ4v) is 3.34. The van der Waals surface area contributed by atoms with Gasteiger partial charge in [0, 0.05) is 6.54 Å². The highest BCUT2D eigenvalue weighted by Gasteiger charge is 2.55. The highest BCUT2D eigenvalue weighted by Crippen LogP contribution is 2.41. The monoisotopic (exact) mass is 315 g/mol. The molecule has 1 aliphatic carbocycles. The summed E-state index contributed by atoms with van der Waals surface area (Å²) < 4.78 is 0. The summed E-state index contributed by atoms with van der Waals surface area (Å²) in [5.41, 5.74) is 0.944. The zero-order valence-corrected chi connectivity index (χ0v) is 13.2. The third-order valence-corrected chi connectivity index (χ3v) is 4.58. The van der Waals surface area contributed by atoms with Crippen molar-refractivity contribution < 1.29 is 14.4 Å². The predicted molar refractivity (Wildman–Crippen MR) is 84.6 cm³/mol. The van der Waals surface area contributed by atoms with Crippen LogP contribution in [0.25, 0.3) is 0 Å². The van der Waals surface area contributed by atoms with E-state index in [9.17, 15) is 14.4 Å². The Morgan fingerprint density at radius 3 is 2.91 bits per heavy atom. The molecule has 1 spiro atoms. The Bertz CT molecular complexity index is 658. The standard InChI is InChI=1S/C17H21N3O3/c1-2-3-10-18-14(21)11-20-15(22)17(19-16(20)23)9-8-12-6-4-5-7-13(12)17/h4-7H,2-3,8-11H2,1H3,(H,18,21)(H,19,23)/t17-/m1/s1. The molecule has 122 valence electrons. The average Bonchev–Trinajstić information content (AvgIpc) is 3.02. The van der Waals surface area contributed by atoms with Crippen molar-refractivity contribution in [3.8, 4) is 0 Å². The van der Waals surface area contributed by atoms with Crippen LogP contribution in [0, 0.1) is 0 Å². The van der Waals surface area contributed by atoms with Crippen molar-refractivity contribution in [2.24, 2.45) is 0 Å². The second-order valence-electron chi connectivity index (χ2n) is 6.09. The molecule has 23 heavy (non-hydrogen) atoms. The average molecular weight is 315 g/mol. The highest BCUT2D eigenvalue weighted by molar-refractivity contribution is 6.09. The molecule has 1 aromatic carbocycles. The van der Waals surface area contributed by atoms with Crippen LogP contribution >= 0.6 is 0 Å². The maximum absolute atomic E-state index is 12.8. The van der Waals surface area contributed by atoms with Crippen LogP contribution in [0.5, 0.6) is 0 Å². The minimum Gasteiger partial charge on any atom is -0.355 e. The molecule has 0 aromatic heterocycles. The second kappa shape index (κ2) is 6.02. The first-order chi connectivity index (χ1) is 11.1. The Hall–Kier alpha value is -2.37. The largest absolute Gasteiger partial charge is 0.355 e. The number of aryl methyl sites for hydroxylation is 1. The van der Waals surface area contributed by atoms with Crippen molar-refractivity contribution in [2.75, 3.05) is 13.1 Å². The van der Waals surface area contributed by atoms with E-state index in [2.05, 4.69) is 10.6 Å². The molecule has 2 N–H and O–H groups in total. The van der Waals surface area contributed by atoms with Crippen molar-refractivity contribution in [3.05, 3.63) is 35.4 Å². The molecule has 1 aliphatic heterocycles. The molecule has 3 rings (SSSR count). The van der Waals surface area contributed by atoms with Gasteiger partial charge in [0.1, 0.15) is 12.1 Å². The Balaban J connectivity index is 1.75. The van der Waals surface area contributed by atoms with Gasteiger partial charge in [-0.2, -0.15) is 0 Å². The smallest absolute Gasteiger partial charge is 0.325 e. The number of amides is 4. The van der Waals surface area contributed by atoms with Gasteiger partial charge in [-0.25, -0.2) is 4.79 Å². The molecule has 0 bridgehead atoms. The summed E-state index contributed by atoms with van der Waals surface area (Å²) in [6.45, 7) is 2.37. The van der Waals surface area contributed by atoms with Crippen molar-refractivity contribution in [1.82, 2.24) is 15.5 Å². The van der Waals surface area contributed by atoms with E-state index in [-0.39, 0.29) is 18.4 Å². The normalized spacial score (nSPS) is 22.4. The van der Waals surface area contributed by atoms with Crippen LogP contribution in [0.3, 0.4) is 0 Å². The first-order valence-electron chi connectivity index (χ1n) is 8.07. The SMILES string of the molecule is CCCCNC(=O)CN1C(=O)N[C@@]2(CCc3ccccc32)C1=O. The van der Waals surface area contributed by atoms with Crippen molar-refractivity contribution in [1.29, 1.82) is 0 Å². The van der Waals surface area contributed by atoms with E-state index in [0.29, 0.717) is 13.0 Å². The van der Waals surface area contributed by atoms with Gasteiger partial charge in [-0.15, -0.1) is 0 Å². The van der Waals surface area contributed by atoms with E-state index in [1.54, 1.807) is 0 Å². The molecule has 4 amide bonds. The van der Waals surface area contributed by atoms with Gasteiger partial charge >= 0.3 is 6.03 Å². The third kappa shape index (κ3) is 2.58. The number of rotatable bonds is 5. The number of urea groups is 1. The molecule has 2 aliphatic rings. The zero-order valence-electron chi connectivity index (χ0n) is 13.2. The number of imide groups is 1. The lowest BCUT2D eigenvalue weighted by Gasteiger charge is -2.22. The lowest BCUT2D eigenvalue weighted by atomic mass is 9.92. The van der Waals surface area contributed by atoms with Crippen LogP contribution in [0.15, 0.2) is 24.3 Å². The number of benzene rings is 1. The minimum atomic E-state index is -0.989. The Kier molecular flexibility index (Phi) is 4.07. The maximum atomic E-state index is 12.8. The number of hydrogen-bond donors (Lipinski definition) is 2. The van der Waals surface area contributed by atoms with Crippen molar-refractivity contribution >= 4 is 17.8 Å². The summed E-state index contributed by atoms with van der Waals surface area (Å²) in [6, 6.07) is 7.16. The quantitative estimate of drug-likeness (QED) is 0.635. The summed E-state index contributed by atoms with van der Waals surface area (Å²) >= 11 is 0. The molecule has 1 atom stereocenters. The second-order valence-corrected chi connectivity index (χ2v) is 6.09. The number of nitrogens with one attached hydrogen (secondary N) is 2. The predicted octanol–water partition coefficient (Wildman–Crippen LogP) is 1.30. The van der Waals surface area contributed by atoms with Crippen molar-refractivity contribution in [2.45, 2.75) is 38.1 Å². The van der Waals surface area contributed by atoms with Crippen LogP contribution in [0.2, 0.25) is 0 Å². The molecule has 6 nitrogen and oxygen atoms in total. The molecule has 1 fully saturated rings. The van der Waals surface area contributed by atoms with Crippen LogP contribution in [-0.4, -0.2) is 35.8 Å². The molecule has 1 aromatic rings. The van der Waals surface area contributed by atoms with Crippen molar-refractivity contribution in [3.63, 3.8) is 0 Å². The number of hydrogen-bond acceptors (Lipinski definition) is 3. The van der Waals surface area contributed by atoms with Crippen LogP contribution in [-0.2, 0) is 21.5 Å². The lowest BCUT2D eigenvalue weighted by Crippen LogP contribution is -2.44. The van der Waals surface area contributed by atoms with Gasteiger partial charge in [-0.1, -0.05) is 37.6 Å². The molecule has 0 saturated carbocycles. The Labute approximate surface area is 135 Å². The summed E-state index contributed by atoms with van der Waals surface area (Å²) in [5.74, 6) is -0.622. The van der Waals surface area contributed by atoms with Gasteiger partial charge in [0.2, 0.25) is 5.91 Å². The summed E-state index contributed by atoms with van der Waals surface area (Å²) in [5, 5.41) is 5.55. The lowest BCUT2D eigenvalue weighted by molar-refractivity contribution is -0.135. The molecule has 0 unspecified atom stereocenters. The Morgan fingerprint density at radius 1 is 1.35 bits per heavy atom. The molecular formula is C17H21N3O3. The fraction of sp³-hybridized carbons (Fsp3) is 0.471. The summed E-state index contributed by atoms with van der Waals surface area (Å²) in [4.78, 5) is 38.0. The molecule has 0 radical (unpaired) electrons. The van der Waals surface area contributed by atoms with Crippen LogP contribution in [0.4, 0.5) is 4.79 Å². The minimum absolute atomic E-state index is 0.224. The maximum Gasteiger partial charge on any atom is 0.325 e. The van der Waals surface area contributed by atoms with E-state index in [0.717, 1.165) is 35.3 Å². The van der Waals surface area contributed by atoms with E-state index in [4.69, 9.17) is 0 Å². The first-order valence-corrected chi connectivity index (χ1v) is 8.07. The van der Waals surface area contributed by atoms with E-state index >= 15 is 0 Å². The topological polar surface area (TPSA) is 78.5 Å². The van der Waals surface area contributed by atoms with E-state index < -0.39 is 11.6 Å². The summed E-state index contributed by atoms with van der Waals surface area (Å²) in [7, 11) is 0. The van der Waals surface area contributed by atoms with Gasteiger partial charge in [0.25, 0.3) is 5.91 Å². The van der Waals surface area contributed by atoms with E-state index in [1.165, 1.54) is 0 Å². The molecule has 1 saturated heterocycles. The number of carbonyl (C=O) groups is 3. The first kappa shape index (κ1) is 15.5. The van der Waals surface area contributed by atoms with Gasteiger partial charge in [0.15, 0.2) is 0 Å². The number of fused-ring (bicyclic) bond motifs is 2. The summed E-state index contributed by atoms with van der Waals surface area (Å²) in [6.07, 6.45) is 3.15. The van der Waals surface area contributed by atoms with E-state index in [1.807, 2.05) is 31.2 Å². The molecule has 6 heteroatoms.